The zero-order valence-corrected chi connectivity index (χ0v) is 15.7. The van der Waals surface area contributed by atoms with Gasteiger partial charge in [0.1, 0.15) is 5.75 Å². The molecule has 22 heavy (non-hydrogen) atoms. The number of para-hydroxylation sites is 1. The van der Waals surface area contributed by atoms with Crippen LogP contribution in [-0.2, 0) is 4.43 Å². The second-order valence-corrected chi connectivity index (χ2v) is 12.7. The number of ether oxygens (including phenoxy) is 1. The Bertz CT molecular complexity index is 477. The molecule has 0 fully saturated rings. The highest BCUT2D eigenvalue weighted by Gasteiger charge is 2.48. The summed E-state index contributed by atoms with van der Waals surface area (Å²) in [6.07, 6.45) is -0.338. The summed E-state index contributed by atoms with van der Waals surface area (Å²) in [4.78, 5) is 0. The van der Waals surface area contributed by atoms with Crippen LogP contribution in [0.2, 0.25) is 16.6 Å². The fourth-order valence-corrected chi connectivity index (χ4v) is 9.49. The van der Waals surface area contributed by atoms with Crippen molar-refractivity contribution in [1.82, 2.24) is 0 Å². The number of aliphatic hydroxyl groups excluding tert-OH is 1. The molecule has 124 valence electrons. The van der Waals surface area contributed by atoms with Gasteiger partial charge in [-0.05, 0) is 22.7 Å². The second kappa shape index (κ2) is 6.73. The van der Waals surface area contributed by atoms with Gasteiger partial charge in [-0.25, -0.2) is 0 Å². The Morgan fingerprint density at radius 2 is 1.59 bits per heavy atom. The lowest BCUT2D eigenvalue weighted by atomic mass is 10.0. The molecule has 1 aliphatic rings. The van der Waals surface area contributed by atoms with Gasteiger partial charge in [0.15, 0.2) is 6.29 Å². The van der Waals surface area contributed by atoms with Crippen LogP contribution in [0.15, 0.2) is 24.3 Å². The van der Waals surface area contributed by atoms with Crippen molar-refractivity contribution < 1.29 is 14.3 Å². The van der Waals surface area contributed by atoms with E-state index in [4.69, 9.17) is 9.16 Å². The quantitative estimate of drug-likeness (QED) is 0.774. The van der Waals surface area contributed by atoms with E-state index in [0.717, 1.165) is 11.3 Å². The molecule has 1 N–H and O–H groups in total. The molecule has 1 heterocycles. The van der Waals surface area contributed by atoms with Crippen molar-refractivity contribution in [2.45, 2.75) is 77.0 Å². The molecule has 0 saturated carbocycles. The highest BCUT2D eigenvalue weighted by Crippen LogP contribution is 2.45. The molecule has 2 rings (SSSR count). The van der Waals surface area contributed by atoms with Gasteiger partial charge in [-0.3, -0.25) is 0 Å². The van der Waals surface area contributed by atoms with Crippen molar-refractivity contribution in [2.24, 2.45) is 0 Å². The lowest BCUT2D eigenvalue weighted by Crippen LogP contribution is -2.52. The first-order valence-electron chi connectivity index (χ1n) is 8.40. The van der Waals surface area contributed by atoms with Crippen LogP contribution in [0.4, 0.5) is 0 Å². The van der Waals surface area contributed by atoms with E-state index in [0.29, 0.717) is 23.0 Å². The van der Waals surface area contributed by atoms with E-state index in [-0.39, 0.29) is 6.29 Å². The van der Waals surface area contributed by atoms with Crippen molar-refractivity contribution in [1.29, 1.82) is 0 Å². The minimum atomic E-state index is -2.00. The van der Waals surface area contributed by atoms with Gasteiger partial charge in [0.2, 0.25) is 8.32 Å². The third kappa shape index (κ3) is 3.10. The molecule has 0 amide bonds. The summed E-state index contributed by atoms with van der Waals surface area (Å²) in [6.45, 7) is 13.6. The van der Waals surface area contributed by atoms with E-state index in [1.165, 1.54) is 0 Å². The molecular weight excluding hydrogens is 292 g/mol. The normalized spacial score (nSPS) is 22.1. The highest BCUT2D eigenvalue weighted by molar-refractivity contribution is 6.77. The number of fused-ring (bicyclic) bond motifs is 1. The number of aliphatic hydroxyl groups is 1. The van der Waals surface area contributed by atoms with Crippen LogP contribution in [0.3, 0.4) is 0 Å². The molecule has 0 bridgehead atoms. The average Bonchev–Trinajstić information content (AvgIpc) is 2.43. The van der Waals surface area contributed by atoms with Gasteiger partial charge in [-0.15, -0.1) is 0 Å². The summed E-state index contributed by atoms with van der Waals surface area (Å²) in [6, 6.07) is 7.71. The number of benzene rings is 1. The van der Waals surface area contributed by atoms with Crippen LogP contribution >= 0.6 is 0 Å². The molecular formula is C18H30O3Si. The van der Waals surface area contributed by atoms with Gasteiger partial charge in [0.05, 0.1) is 6.10 Å². The SMILES string of the molecule is CC(C)[Si](OC1CC(O)c2ccccc2O1)(C(C)C)C(C)C. The summed E-state index contributed by atoms with van der Waals surface area (Å²) < 4.78 is 12.7. The van der Waals surface area contributed by atoms with E-state index in [1.54, 1.807) is 0 Å². The zero-order chi connectivity index (χ0) is 16.5. The summed E-state index contributed by atoms with van der Waals surface area (Å²) in [5, 5.41) is 10.4. The van der Waals surface area contributed by atoms with Crippen LogP contribution in [0.25, 0.3) is 0 Å². The van der Waals surface area contributed by atoms with Gasteiger partial charge < -0.3 is 14.3 Å². The van der Waals surface area contributed by atoms with Crippen LogP contribution in [0.1, 0.15) is 59.6 Å². The first kappa shape index (κ1) is 17.5. The lowest BCUT2D eigenvalue weighted by Gasteiger charge is -2.45. The van der Waals surface area contributed by atoms with Gasteiger partial charge in [-0.1, -0.05) is 59.7 Å². The maximum absolute atomic E-state index is 10.4. The van der Waals surface area contributed by atoms with Gasteiger partial charge >= 0.3 is 0 Å². The molecule has 0 aromatic heterocycles. The first-order valence-corrected chi connectivity index (χ1v) is 10.5. The topological polar surface area (TPSA) is 38.7 Å². The Hall–Kier alpha value is -0.843. The Balaban J connectivity index is 2.26. The summed E-state index contributed by atoms with van der Waals surface area (Å²) in [5.74, 6) is 0.755. The van der Waals surface area contributed by atoms with Crippen LogP contribution in [0, 0.1) is 0 Å². The third-order valence-corrected chi connectivity index (χ3v) is 11.1. The zero-order valence-electron chi connectivity index (χ0n) is 14.7. The fraction of sp³-hybridized carbons (Fsp3) is 0.667. The van der Waals surface area contributed by atoms with E-state index in [2.05, 4.69) is 41.5 Å². The number of hydrogen-bond donors (Lipinski definition) is 1. The third-order valence-electron chi connectivity index (χ3n) is 4.99. The van der Waals surface area contributed by atoms with Gasteiger partial charge in [-0.2, -0.15) is 0 Å². The Morgan fingerprint density at radius 3 is 2.14 bits per heavy atom. The molecule has 4 heteroatoms. The molecule has 0 aliphatic carbocycles. The standard InChI is InChI=1S/C18H30O3Si/c1-12(2)22(13(3)4,14(5)6)21-18-11-16(19)15-9-7-8-10-17(15)20-18/h7-10,12-14,16,18-19H,11H2,1-6H3. The van der Waals surface area contributed by atoms with E-state index in [1.807, 2.05) is 24.3 Å². The Kier molecular flexibility index (Phi) is 5.36. The molecule has 0 saturated heterocycles. The molecule has 2 unspecified atom stereocenters. The van der Waals surface area contributed by atoms with Crippen molar-refractivity contribution in [2.75, 3.05) is 0 Å². The minimum absolute atomic E-state index is 0.344. The summed E-state index contributed by atoms with van der Waals surface area (Å²) >= 11 is 0. The fourth-order valence-electron chi connectivity index (χ4n) is 4.07. The van der Waals surface area contributed by atoms with Crippen LogP contribution < -0.4 is 4.74 Å². The molecule has 2 atom stereocenters. The van der Waals surface area contributed by atoms with Crippen molar-refractivity contribution >= 4 is 8.32 Å². The lowest BCUT2D eigenvalue weighted by molar-refractivity contribution is -0.0603. The molecule has 0 radical (unpaired) electrons. The van der Waals surface area contributed by atoms with Crippen molar-refractivity contribution in [3.63, 3.8) is 0 Å². The Labute approximate surface area is 135 Å². The molecule has 0 spiro atoms. The summed E-state index contributed by atoms with van der Waals surface area (Å²) in [7, 11) is -2.00. The van der Waals surface area contributed by atoms with Crippen LogP contribution in [-0.4, -0.2) is 19.7 Å². The molecule has 1 aromatic rings. The van der Waals surface area contributed by atoms with Gasteiger partial charge in [0.25, 0.3) is 0 Å². The molecule has 3 nitrogen and oxygen atoms in total. The molecule has 1 aliphatic heterocycles. The second-order valence-electron chi connectivity index (χ2n) is 7.27. The maximum Gasteiger partial charge on any atom is 0.205 e. The molecule has 1 aromatic carbocycles. The van der Waals surface area contributed by atoms with Gasteiger partial charge in [0, 0.05) is 12.0 Å². The van der Waals surface area contributed by atoms with E-state index in [9.17, 15) is 5.11 Å². The predicted molar refractivity (Wildman–Crippen MR) is 92.6 cm³/mol. The smallest absolute Gasteiger partial charge is 0.205 e. The largest absolute Gasteiger partial charge is 0.465 e. The number of rotatable bonds is 5. The average molecular weight is 323 g/mol. The van der Waals surface area contributed by atoms with E-state index >= 15 is 0 Å². The first-order chi connectivity index (χ1) is 10.3. The van der Waals surface area contributed by atoms with Crippen molar-refractivity contribution in [3.8, 4) is 5.75 Å². The Morgan fingerprint density at radius 1 is 1.05 bits per heavy atom. The monoisotopic (exact) mass is 322 g/mol. The maximum atomic E-state index is 10.4. The number of hydrogen-bond acceptors (Lipinski definition) is 3. The minimum Gasteiger partial charge on any atom is -0.465 e. The highest BCUT2D eigenvalue weighted by atomic mass is 28.4. The summed E-state index contributed by atoms with van der Waals surface area (Å²) in [5.41, 5.74) is 2.38. The van der Waals surface area contributed by atoms with Crippen LogP contribution in [0.5, 0.6) is 5.75 Å². The van der Waals surface area contributed by atoms with Crippen molar-refractivity contribution in [3.05, 3.63) is 29.8 Å². The predicted octanol–water partition coefficient (Wildman–Crippen LogP) is 5.02. The van der Waals surface area contributed by atoms with E-state index < -0.39 is 14.4 Å².